The van der Waals surface area contributed by atoms with Gasteiger partial charge in [-0.1, -0.05) is 39.0 Å². The van der Waals surface area contributed by atoms with Crippen molar-refractivity contribution >= 4 is 23.4 Å². The zero-order valence-electron chi connectivity index (χ0n) is 16.0. The Morgan fingerprint density at radius 1 is 1.19 bits per heavy atom. The Hall–Kier alpha value is -2.41. The minimum atomic E-state index is -0.660. The van der Waals surface area contributed by atoms with Crippen LogP contribution in [0.5, 0.6) is 0 Å². The number of aryl methyl sites for hydroxylation is 1. The third-order valence-electron chi connectivity index (χ3n) is 4.03. The third-order valence-corrected chi connectivity index (χ3v) is 4.03. The molecule has 1 rings (SSSR count). The van der Waals surface area contributed by atoms with E-state index < -0.39 is 6.04 Å². The van der Waals surface area contributed by atoms with Crippen molar-refractivity contribution in [2.75, 3.05) is 25.0 Å². The van der Waals surface area contributed by atoms with Crippen molar-refractivity contribution in [3.05, 3.63) is 29.8 Å². The topological polar surface area (TPSA) is 105 Å². The molecule has 0 saturated heterocycles. The maximum atomic E-state index is 12.4. The Kier molecular flexibility index (Phi) is 8.78. The summed E-state index contributed by atoms with van der Waals surface area (Å²) in [5.41, 5.74) is 7.43. The molecule has 4 N–H and O–H groups in total. The molecule has 0 aliphatic rings. The average Bonchev–Trinajstić information content (AvgIpc) is 2.60. The second kappa shape index (κ2) is 10.6. The van der Waals surface area contributed by atoms with Gasteiger partial charge in [0.15, 0.2) is 0 Å². The van der Waals surface area contributed by atoms with E-state index in [1.54, 1.807) is 0 Å². The van der Waals surface area contributed by atoms with Crippen LogP contribution in [0.2, 0.25) is 0 Å². The molecule has 1 aromatic rings. The van der Waals surface area contributed by atoms with Gasteiger partial charge in [-0.15, -0.1) is 0 Å². The molecular formula is C19H30N4O3. The standard InChI is InChI=1S/C19H30N4O3/c1-5-10-23(17(25)11-21-19(26)18(20)13(2)3)12-16(24)22-15-9-7-6-8-14(15)4/h6-9,13,18H,5,10-12,20H2,1-4H3,(H,21,26)(H,22,24)/t18-/m0/s1. The van der Waals surface area contributed by atoms with E-state index in [2.05, 4.69) is 10.6 Å². The summed E-state index contributed by atoms with van der Waals surface area (Å²) in [5.74, 6) is -0.965. The van der Waals surface area contributed by atoms with Gasteiger partial charge in [-0.25, -0.2) is 0 Å². The second-order valence-electron chi connectivity index (χ2n) is 6.67. The molecule has 0 radical (unpaired) electrons. The smallest absolute Gasteiger partial charge is 0.244 e. The van der Waals surface area contributed by atoms with Crippen LogP contribution in [0.1, 0.15) is 32.8 Å². The molecule has 3 amide bonds. The fourth-order valence-electron chi connectivity index (χ4n) is 2.33. The highest BCUT2D eigenvalue weighted by Crippen LogP contribution is 2.13. The monoisotopic (exact) mass is 362 g/mol. The van der Waals surface area contributed by atoms with Crippen LogP contribution in [0.25, 0.3) is 0 Å². The minimum Gasteiger partial charge on any atom is -0.346 e. The molecule has 1 atom stereocenters. The number of nitrogens with one attached hydrogen (secondary N) is 2. The number of nitrogens with zero attached hydrogens (tertiary/aromatic N) is 1. The van der Waals surface area contributed by atoms with Gasteiger partial charge < -0.3 is 21.3 Å². The Morgan fingerprint density at radius 2 is 1.85 bits per heavy atom. The van der Waals surface area contributed by atoms with Crippen molar-refractivity contribution in [2.45, 2.75) is 40.2 Å². The van der Waals surface area contributed by atoms with E-state index in [0.29, 0.717) is 13.0 Å². The molecule has 0 heterocycles. The number of benzene rings is 1. The Labute approximate surface area is 155 Å². The number of nitrogens with two attached hydrogens (primary N) is 1. The lowest BCUT2D eigenvalue weighted by molar-refractivity contribution is -0.135. The zero-order valence-corrected chi connectivity index (χ0v) is 16.0. The summed E-state index contributed by atoms with van der Waals surface area (Å²) in [6.45, 7) is 7.71. The Balaban J connectivity index is 2.61. The predicted octanol–water partition coefficient (Wildman–Crippen LogP) is 1.27. The largest absolute Gasteiger partial charge is 0.346 e. The maximum absolute atomic E-state index is 12.4. The SMILES string of the molecule is CCCN(CC(=O)Nc1ccccc1C)C(=O)CNC(=O)[C@@H](N)C(C)C. The first-order chi connectivity index (χ1) is 12.3. The van der Waals surface area contributed by atoms with Crippen molar-refractivity contribution in [1.29, 1.82) is 0 Å². The lowest BCUT2D eigenvalue weighted by Crippen LogP contribution is -2.49. The van der Waals surface area contributed by atoms with Crippen LogP contribution in [-0.2, 0) is 14.4 Å². The van der Waals surface area contributed by atoms with Gasteiger partial charge in [-0.2, -0.15) is 0 Å². The minimum absolute atomic E-state index is 0.0169. The Morgan fingerprint density at radius 3 is 2.42 bits per heavy atom. The number of carbonyl (C=O) groups excluding carboxylic acids is 3. The van der Waals surface area contributed by atoms with Crippen molar-refractivity contribution in [3.8, 4) is 0 Å². The van der Waals surface area contributed by atoms with Gasteiger partial charge in [0.2, 0.25) is 17.7 Å². The van der Waals surface area contributed by atoms with Gasteiger partial charge in [-0.05, 0) is 30.9 Å². The highest BCUT2D eigenvalue weighted by Gasteiger charge is 2.21. The molecule has 0 aliphatic heterocycles. The lowest BCUT2D eigenvalue weighted by Gasteiger charge is -2.23. The van der Waals surface area contributed by atoms with E-state index in [-0.39, 0.29) is 36.7 Å². The van der Waals surface area contributed by atoms with Crippen LogP contribution in [0.3, 0.4) is 0 Å². The van der Waals surface area contributed by atoms with Crippen molar-refractivity contribution in [3.63, 3.8) is 0 Å². The number of hydrogen-bond donors (Lipinski definition) is 3. The summed E-state index contributed by atoms with van der Waals surface area (Å²) in [6, 6.07) is 6.78. The number of amides is 3. The van der Waals surface area contributed by atoms with Crippen LogP contribution in [0.4, 0.5) is 5.69 Å². The number of carbonyl (C=O) groups is 3. The summed E-state index contributed by atoms with van der Waals surface area (Å²) in [4.78, 5) is 38.0. The van der Waals surface area contributed by atoms with Gasteiger partial charge in [0, 0.05) is 12.2 Å². The fraction of sp³-hybridized carbons (Fsp3) is 0.526. The molecule has 0 bridgehead atoms. The second-order valence-corrected chi connectivity index (χ2v) is 6.67. The lowest BCUT2D eigenvalue weighted by atomic mass is 10.1. The summed E-state index contributed by atoms with van der Waals surface area (Å²) in [7, 11) is 0. The van der Waals surface area contributed by atoms with E-state index in [4.69, 9.17) is 5.73 Å². The molecule has 1 aromatic carbocycles. The first-order valence-electron chi connectivity index (χ1n) is 8.92. The van der Waals surface area contributed by atoms with E-state index >= 15 is 0 Å². The van der Waals surface area contributed by atoms with Crippen LogP contribution in [0.15, 0.2) is 24.3 Å². The molecule has 0 aliphatic carbocycles. The highest BCUT2D eigenvalue weighted by atomic mass is 16.2. The van der Waals surface area contributed by atoms with Crippen LogP contribution in [-0.4, -0.2) is 48.3 Å². The van der Waals surface area contributed by atoms with Gasteiger partial charge >= 0.3 is 0 Å². The average molecular weight is 362 g/mol. The van der Waals surface area contributed by atoms with Gasteiger partial charge in [0.1, 0.15) is 0 Å². The summed E-state index contributed by atoms with van der Waals surface area (Å²) >= 11 is 0. The Bertz CT molecular complexity index is 631. The van der Waals surface area contributed by atoms with E-state index in [1.165, 1.54) is 4.90 Å². The van der Waals surface area contributed by atoms with Crippen LogP contribution < -0.4 is 16.4 Å². The maximum Gasteiger partial charge on any atom is 0.244 e. The third kappa shape index (κ3) is 6.84. The molecule has 0 spiro atoms. The predicted molar refractivity (Wildman–Crippen MR) is 103 cm³/mol. The molecule has 7 heteroatoms. The van der Waals surface area contributed by atoms with E-state index in [0.717, 1.165) is 11.3 Å². The fourth-order valence-corrected chi connectivity index (χ4v) is 2.33. The summed E-state index contributed by atoms with van der Waals surface area (Å²) in [6.07, 6.45) is 0.711. The van der Waals surface area contributed by atoms with Crippen molar-refractivity contribution < 1.29 is 14.4 Å². The molecule has 7 nitrogen and oxygen atoms in total. The van der Waals surface area contributed by atoms with Crippen molar-refractivity contribution in [1.82, 2.24) is 10.2 Å². The summed E-state index contributed by atoms with van der Waals surface area (Å²) < 4.78 is 0. The van der Waals surface area contributed by atoms with Crippen LogP contribution in [0, 0.1) is 12.8 Å². The molecule has 0 fully saturated rings. The molecule has 26 heavy (non-hydrogen) atoms. The normalized spacial score (nSPS) is 11.8. The number of anilines is 1. The van der Waals surface area contributed by atoms with Gasteiger partial charge in [-0.3, -0.25) is 14.4 Å². The zero-order chi connectivity index (χ0) is 19.7. The van der Waals surface area contributed by atoms with E-state index in [1.807, 2.05) is 52.0 Å². The molecule has 0 aromatic heterocycles. The molecule has 0 unspecified atom stereocenters. The van der Waals surface area contributed by atoms with Crippen LogP contribution >= 0.6 is 0 Å². The molecular weight excluding hydrogens is 332 g/mol. The van der Waals surface area contributed by atoms with Gasteiger partial charge in [0.05, 0.1) is 19.1 Å². The highest BCUT2D eigenvalue weighted by molar-refractivity contribution is 5.96. The molecule has 0 saturated carbocycles. The number of para-hydroxylation sites is 1. The first-order valence-corrected chi connectivity index (χ1v) is 8.92. The number of hydrogen-bond acceptors (Lipinski definition) is 4. The quantitative estimate of drug-likeness (QED) is 0.615. The molecule has 144 valence electrons. The first kappa shape index (κ1) is 21.6. The van der Waals surface area contributed by atoms with E-state index in [9.17, 15) is 14.4 Å². The van der Waals surface area contributed by atoms with Crippen molar-refractivity contribution in [2.24, 2.45) is 11.7 Å². The summed E-state index contributed by atoms with van der Waals surface area (Å²) in [5, 5.41) is 5.36. The number of rotatable bonds is 9. The van der Waals surface area contributed by atoms with Gasteiger partial charge in [0.25, 0.3) is 0 Å².